The number of hydrogen-bond donors (Lipinski definition) is 0. The molecule has 0 bridgehead atoms. The molecule has 0 amide bonds. The Kier molecular flexibility index (Phi) is 3.09. The maximum atomic E-state index is 13.6. The van der Waals surface area contributed by atoms with Crippen LogP contribution in [0.2, 0.25) is 0 Å². The molecule has 2 aromatic rings. The van der Waals surface area contributed by atoms with Gasteiger partial charge >= 0.3 is 0 Å². The Morgan fingerprint density at radius 1 is 1.33 bits per heavy atom. The molecule has 0 spiro atoms. The molecule has 1 saturated heterocycles. The van der Waals surface area contributed by atoms with Gasteiger partial charge in [0.05, 0.1) is 5.69 Å². The van der Waals surface area contributed by atoms with Crippen molar-refractivity contribution in [1.82, 2.24) is 4.98 Å². The maximum Gasteiger partial charge on any atom is 0.135 e. The SMILES string of the molecule is Fc1ccc(-c2csc([C@@H]3CCCO3)n2)c(F)c1. The van der Waals surface area contributed by atoms with Gasteiger partial charge in [0.2, 0.25) is 0 Å². The number of halogens is 2. The predicted molar refractivity (Wildman–Crippen MR) is 65.4 cm³/mol. The van der Waals surface area contributed by atoms with Crippen molar-refractivity contribution in [2.45, 2.75) is 18.9 Å². The van der Waals surface area contributed by atoms with Crippen molar-refractivity contribution in [3.63, 3.8) is 0 Å². The Morgan fingerprint density at radius 3 is 2.94 bits per heavy atom. The lowest BCUT2D eigenvalue weighted by Gasteiger charge is -2.04. The van der Waals surface area contributed by atoms with Crippen LogP contribution in [0.4, 0.5) is 8.78 Å². The lowest BCUT2D eigenvalue weighted by atomic mass is 10.1. The van der Waals surface area contributed by atoms with Crippen LogP contribution in [0.25, 0.3) is 11.3 Å². The Bertz CT molecular complexity index is 564. The Balaban J connectivity index is 1.92. The molecule has 2 heterocycles. The third kappa shape index (κ3) is 2.15. The van der Waals surface area contributed by atoms with Gasteiger partial charge in [-0.3, -0.25) is 0 Å². The summed E-state index contributed by atoms with van der Waals surface area (Å²) < 4.78 is 32.0. The molecular weight excluding hydrogens is 256 g/mol. The van der Waals surface area contributed by atoms with E-state index in [1.807, 2.05) is 0 Å². The minimum atomic E-state index is -0.584. The predicted octanol–water partition coefficient (Wildman–Crippen LogP) is 3.94. The smallest absolute Gasteiger partial charge is 0.135 e. The van der Waals surface area contributed by atoms with Crippen LogP contribution in [0.3, 0.4) is 0 Å². The van der Waals surface area contributed by atoms with E-state index in [0.717, 1.165) is 30.5 Å². The molecule has 1 aliphatic rings. The molecule has 2 nitrogen and oxygen atoms in total. The number of ether oxygens (including phenoxy) is 1. The first-order valence-corrected chi connectivity index (χ1v) is 6.64. The summed E-state index contributed by atoms with van der Waals surface area (Å²) in [6.45, 7) is 0.754. The third-order valence-electron chi connectivity index (χ3n) is 2.93. The largest absolute Gasteiger partial charge is 0.371 e. The molecule has 0 saturated carbocycles. The van der Waals surface area contributed by atoms with Gasteiger partial charge in [-0.05, 0) is 25.0 Å². The number of aromatic nitrogens is 1. The van der Waals surface area contributed by atoms with E-state index in [-0.39, 0.29) is 6.10 Å². The molecule has 0 unspecified atom stereocenters. The van der Waals surface area contributed by atoms with Crippen LogP contribution in [0.5, 0.6) is 0 Å². The average Bonchev–Trinajstić information content (AvgIpc) is 2.99. The summed E-state index contributed by atoms with van der Waals surface area (Å²) in [7, 11) is 0. The molecule has 1 aromatic carbocycles. The van der Waals surface area contributed by atoms with Gasteiger partial charge in [0.1, 0.15) is 22.7 Å². The number of hydrogen-bond acceptors (Lipinski definition) is 3. The second kappa shape index (κ2) is 4.74. The van der Waals surface area contributed by atoms with E-state index < -0.39 is 11.6 Å². The first-order chi connectivity index (χ1) is 8.74. The molecule has 0 radical (unpaired) electrons. The highest BCUT2D eigenvalue weighted by Gasteiger charge is 2.21. The van der Waals surface area contributed by atoms with E-state index >= 15 is 0 Å². The van der Waals surface area contributed by atoms with Crippen molar-refractivity contribution in [1.29, 1.82) is 0 Å². The molecule has 0 N–H and O–H groups in total. The summed E-state index contributed by atoms with van der Waals surface area (Å²) in [4.78, 5) is 4.38. The van der Waals surface area contributed by atoms with E-state index in [2.05, 4.69) is 4.98 Å². The number of rotatable bonds is 2. The van der Waals surface area contributed by atoms with Gasteiger partial charge in [0.25, 0.3) is 0 Å². The van der Waals surface area contributed by atoms with E-state index in [0.29, 0.717) is 11.3 Å². The Labute approximate surface area is 107 Å². The van der Waals surface area contributed by atoms with Gasteiger partial charge in [-0.15, -0.1) is 11.3 Å². The topological polar surface area (TPSA) is 22.1 Å². The van der Waals surface area contributed by atoms with Crippen molar-refractivity contribution >= 4 is 11.3 Å². The zero-order valence-electron chi connectivity index (χ0n) is 9.53. The third-order valence-corrected chi connectivity index (χ3v) is 3.87. The molecule has 1 atom stereocenters. The average molecular weight is 267 g/mol. The van der Waals surface area contributed by atoms with Crippen LogP contribution < -0.4 is 0 Å². The highest BCUT2D eigenvalue weighted by Crippen LogP contribution is 2.33. The number of thiazole rings is 1. The second-order valence-electron chi connectivity index (χ2n) is 4.20. The van der Waals surface area contributed by atoms with Gasteiger partial charge in [0.15, 0.2) is 0 Å². The van der Waals surface area contributed by atoms with Gasteiger partial charge in [-0.2, -0.15) is 0 Å². The van der Waals surface area contributed by atoms with E-state index in [9.17, 15) is 8.78 Å². The van der Waals surface area contributed by atoms with E-state index in [4.69, 9.17) is 4.74 Å². The van der Waals surface area contributed by atoms with Crippen molar-refractivity contribution in [3.8, 4) is 11.3 Å². The zero-order valence-corrected chi connectivity index (χ0v) is 10.3. The van der Waals surface area contributed by atoms with Crippen LogP contribution in [-0.4, -0.2) is 11.6 Å². The minimum absolute atomic E-state index is 0.0345. The summed E-state index contributed by atoms with van der Waals surface area (Å²) >= 11 is 1.46. The van der Waals surface area contributed by atoms with Gasteiger partial charge in [-0.1, -0.05) is 0 Å². The molecular formula is C13H11F2NOS. The van der Waals surface area contributed by atoms with Crippen LogP contribution in [0.15, 0.2) is 23.6 Å². The first kappa shape index (κ1) is 11.7. The Morgan fingerprint density at radius 2 is 2.22 bits per heavy atom. The Hall–Kier alpha value is -1.33. The van der Waals surface area contributed by atoms with Crippen LogP contribution >= 0.6 is 11.3 Å². The van der Waals surface area contributed by atoms with Crippen molar-refractivity contribution in [3.05, 3.63) is 40.2 Å². The molecule has 1 aliphatic heterocycles. The van der Waals surface area contributed by atoms with Crippen LogP contribution in [0.1, 0.15) is 24.0 Å². The quantitative estimate of drug-likeness (QED) is 0.822. The van der Waals surface area contributed by atoms with Gasteiger partial charge in [-0.25, -0.2) is 13.8 Å². The molecule has 0 aliphatic carbocycles. The lowest BCUT2D eigenvalue weighted by Crippen LogP contribution is -1.95. The summed E-state index contributed by atoms with van der Waals surface area (Å²) in [5.74, 6) is -1.16. The highest BCUT2D eigenvalue weighted by molar-refractivity contribution is 7.10. The van der Waals surface area contributed by atoms with E-state index in [1.54, 1.807) is 5.38 Å². The van der Waals surface area contributed by atoms with Crippen molar-refractivity contribution < 1.29 is 13.5 Å². The van der Waals surface area contributed by atoms with E-state index in [1.165, 1.54) is 23.5 Å². The molecule has 18 heavy (non-hydrogen) atoms. The van der Waals surface area contributed by atoms with Crippen LogP contribution in [-0.2, 0) is 4.74 Å². The molecule has 3 rings (SSSR count). The molecule has 1 fully saturated rings. The number of nitrogens with zero attached hydrogens (tertiary/aromatic N) is 1. The standard InChI is InChI=1S/C13H11F2NOS/c14-8-3-4-9(10(15)6-8)11-7-18-13(16-11)12-2-1-5-17-12/h3-4,6-7,12H,1-2,5H2/t12-/m0/s1. The fourth-order valence-electron chi connectivity index (χ4n) is 2.03. The molecule has 1 aromatic heterocycles. The number of benzene rings is 1. The zero-order chi connectivity index (χ0) is 12.5. The monoisotopic (exact) mass is 267 g/mol. The lowest BCUT2D eigenvalue weighted by molar-refractivity contribution is 0.112. The minimum Gasteiger partial charge on any atom is -0.371 e. The summed E-state index contributed by atoms with van der Waals surface area (Å²) in [6.07, 6.45) is 2.02. The fraction of sp³-hybridized carbons (Fsp3) is 0.308. The van der Waals surface area contributed by atoms with Gasteiger partial charge < -0.3 is 4.74 Å². The van der Waals surface area contributed by atoms with Crippen molar-refractivity contribution in [2.75, 3.05) is 6.61 Å². The summed E-state index contributed by atoms with van der Waals surface area (Å²) in [6, 6.07) is 3.53. The van der Waals surface area contributed by atoms with Crippen LogP contribution in [0, 0.1) is 11.6 Å². The fourth-order valence-corrected chi connectivity index (χ4v) is 2.93. The molecule has 94 valence electrons. The highest BCUT2D eigenvalue weighted by atomic mass is 32.1. The van der Waals surface area contributed by atoms with Crippen molar-refractivity contribution in [2.24, 2.45) is 0 Å². The summed E-state index contributed by atoms with van der Waals surface area (Å²) in [5.41, 5.74) is 0.875. The summed E-state index contributed by atoms with van der Waals surface area (Å²) in [5, 5.41) is 2.65. The van der Waals surface area contributed by atoms with Gasteiger partial charge in [0, 0.05) is 23.6 Å². The second-order valence-corrected chi connectivity index (χ2v) is 5.09. The first-order valence-electron chi connectivity index (χ1n) is 5.76. The molecule has 5 heteroatoms. The maximum absolute atomic E-state index is 13.6. The normalized spacial score (nSPS) is 19.3.